The molecule has 1 saturated heterocycles. The van der Waals surface area contributed by atoms with Gasteiger partial charge < -0.3 is 14.7 Å². The lowest BCUT2D eigenvalue weighted by Gasteiger charge is -2.27. The molecule has 1 N–H and O–H groups in total. The molecule has 0 spiro atoms. The minimum absolute atomic E-state index is 0.0374. The van der Waals surface area contributed by atoms with Gasteiger partial charge in [-0.2, -0.15) is 0 Å². The number of methoxy groups -OCH3 is 1. The number of benzene rings is 2. The summed E-state index contributed by atoms with van der Waals surface area (Å²) in [5, 5.41) is 10.5. The Labute approximate surface area is 149 Å². The van der Waals surface area contributed by atoms with Gasteiger partial charge in [0.1, 0.15) is 0 Å². The molecule has 0 bridgehead atoms. The maximum absolute atomic E-state index is 13.1. The van der Waals surface area contributed by atoms with Gasteiger partial charge in [0.15, 0.2) is 0 Å². The maximum Gasteiger partial charge on any atom is 0.254 e. The Balaban J connectivity index is 1.74. The smallest absolute Gasteiger partial charge is 0.254 e. The Morgan fingerprint density at radius 3 is 2.68 bits per heavy atom. The van der Waals surface area contributed by atoms with E-state index in [9.17, 15) is 9.90 Å². The van der Waals surface area contributed by atoms with Crippen LogP contribution in [0.5, 0.6) is 0 Å². The molecular weight excluding hydrogens is 314 g/mol. The highest BCUT2D eigenvalue weighted by atomic mass is 16.5. The van der Waals surface area contributed by atoms with Crippen LogP contribution in [0.4, 0.5) is 0 Å². The summed E-state index contributed by atoms with van der Waals surface area (Å²) in [6.45, 7) is 1.17. The third-order valence-corrected chi connectivity index (χ3v) is 4.87. The molecule has 0 radical (unpaired) electrons. The molecule has 4 nitrogen and oxygen atoms in total. The van der Waals surface area contributed by atoms with Crippen LogP contribution in [0.1, 0.15) is 46.9 Å². The van der Waals surface area contributed by atoms with E-state index in [4.69, 9.17) is 4.74 Å². The number of likely N-dealkylation sites (tertiary alicyclic amines) is 1. The van der Waals surface area contributed by atoms with Crippen LogP contribution in [0.3, 0.4) is 0 Å². The summed E-state index contributed by atoms with van der Waals surface area (Å²) in [5.74, 6) is 0.0374. The average Bonchev–Trinajstić information content (AvgIpc) is 3.10. The molecule has 1 aliphatic rings. The quantitative estimate of drug-likeness (QED) is 0.875. The second kappa shape index (κ2) is 8.28. The summed E-state index contributed by atoms with van der Waals surface area (Å²) < 4.78 is 5.22. The predicted octanol–water partition coefficient (Wildman–Crippen LogP) is 3.56. The number of nitrogens with zero attached hydrogens (tertiary/aromatic N) is 1. The third-order valence-electron chi connectivity index (χ3n) is 4.87. The first-order valence-corrected chi connectivity index (χ1v) is 8.81. The molecule has 1 amide bonds. The number of ether oxygens (including phenoxy) is 1. The average molecular weight is 339 g/mol. The Morgan fingerprint density at radius 1 is 1.20 bits per heavy atom. The molecule has 2 aromatic carbocycles. The molecule has 0 saturated carbocycles. The van der Waals surface area contributed by atoms with Crippen molar-refractivity contribution >= 4 is 5.91 Å². The Morgan fingerprint density at radius 2 is 1.92 bits per heavy atom. The SMILES string of the molecule is COCc1ccccc1C(=O)N1CCC[C@@H]1C[C@@H](O)c1ccccc1. The number of aliphatic hydroxyl groups is 1. The summed E-state index contributed by atoms with van der Waals surface area (Å²) in [6.07, 6.45) is 1.93. The van der Waals surface area contributed by atoms with E-state index in [1.54, 1.807) is 7.11 Å². The van der Waals surface area contributed by atoms with E-state index in [-0.39, 0.29) is 11.9 Å². The van der Waals surface area contributed by atoms with Crippen LogP contribution in [0, 0.1) is 0 Å². The van der Waals surface area contributed by atoms with Crippen molar-refractivity contribution in [2.45, 2.75) is 38.0 Å². The lowest BCUT2D eigenvalue weighted by atomic mass is 9.99. The van der Waals surface area contributed by atoms with E-state index in [1.165, 1.54) is 0 Å². The van der Waals surface area contributed by atoms with E-state index in [2.05, 4.69) is 0 Å². The van der Waals surface area contributed by atoms with Crippen LogP contribution in [-0.4, -0.2) is 35.6 Å². The summed E-state index contributed by atoms with van der Waals surface area (Å²) in [7, 11) is 1.64. The molecule has 3 rings (SSSR count). The molecule has 0 aliphatic carbocycles. The van der Waals surface area contributed by atoms with Crippen molar-refractivity contribution in [2.75, 3.05) is 13.7 Å². The van der Waals surface area contributed by atoms with Crippen molar-refractivity contribution in [1.82, 2.24) is 4.90 Å². The number of amides is 1. The zero-order valence-corrected chi connectivity index (χ0v) is 14.6. The van der Waals surface area contributed by atoms with Crippen LogP contribution >= 0.6 is 0 Å². The van der Waals surface area contributed by atoms with Gasteiger partial charge >= 0.3 is 0 Å². The van der Waals surface area contributed by atoms with E-state index in [1.807, 2.05) is 59.5 Å². The number of hydrogen-bond donors (Lipinski definition) is 1. The first kappa shape index (κ1) is 17.6. The Bertz CT molecular complexity index is 701. The molecule has 1 fully saturated rings. The minimum Gasteiger partial charge on any atom is -0.388 e. The summed E-state index contributed by atoms with van der Waals surface area (Å²) in [6, 6.07) is 17.3. The highest BCUT2D eigenvalue weighted by molar-refractivity contribution is 5.96. The van der Waals surface area contributed by atoms with Crippen molar-refractivity contribution in [2.24, 2.45) is 0 Å². The summed E-state index contributed by atoms with van der Waals surface area (Å²) in [5.41, 5.74) is 2.51. The largest absolute Gasteiger partial charge is 0.388 e. The number of carbonyl (C=O) groups is 1. The molecule has 4 heteroatoms. The molecular formula is C21H25NO3. The number of hydrogen-bond acceptors (Lipinski definition) is 3. The van der Waals surface area contributed by atoms with Crippen LogP contribution < -0.4 is 0 Å². The van der Waals surface area contributed by atoms with Crippen LogP contribution in [-0.2, 0) is 11.3 Å². The van der Waals surface area contributed by atoms with Crippen molar-refractivity contribution < 1.29 is 14.6 Å². The number of aliphatic hydroxyl groups excluding tert-OH is 1. The molecule has 132 valence electrons. The van der Waals surface area contributed by atoms with Gasteiger partial charge in [0.2, 0.25) is 0 Å². The van der Waals surface area contributed by atoms with Gasteiger partial charge in [-0.05, 0) is 36.5 Å². The topological polar surface area (TPSA) is 49.8 Å². The zero-order valence-electron chi connectivity index (χ0n) is 14.6. The second-order valence-corrected chi connectivity index (χ2v) is 6.55. The molecule has 2 atom stereocenters. The van der Waals surface area contributed by atoms with E-state index in [0.717, 1.165) is 30.5 Å². The van der Waals surface area contributed by atoms with E-state index >= 15 is 0 Å². The second-order valence-electron chi connectivity index (χ2n) is 6.55. The lowest BCUT2D eigenvalue weighted by Crippen LogP contribution is -2.37. The van der Waals surface area contributed by atoms with Crippen LogP contribution in [0.2, 0.25) is 0 Å². The monoisotopic (exact) mass is 339 g/mol. The van der Waals surface area contributed by atoms with Gasteiger partial charge in [0.25, 0.3) is 5.91 Å². The van der Waals surface area contributed by atoms with E-state index in [0.29, 0.717) is 18.6 Å². The van der Waals surface area contributed by atoms with E-state index < -0.39 is 6.10 Å². The van der Waals surface area contributed by atoms with Crippen molar-refractivity contribution in [3.05, 3.63) is 71.3 Å². The molecule has 0 aromatic heterocycles. The fourth-order valence-electron chi connectivity index (χ4n) is 3.58. The fraction of sp³-hybridized carbons (Fsp3) is 0.381. The highest BCUT2D eigenvalue weighted by Gasteiger charge is 2.32. The van der Waals surface area contributed by atoms with Gasteiger partial charge in [-0.15, -0.1) is 0 Å². The van der Waals surface area contributed by atoms with Gasteiger partial charge in [-0.3, -0.25) is 4.79 Å². The van der Waals surface area contributed by atoms with Gasteiger partial charge in [-0.25, -0.2) is 0 Å². The minimum atomic E-state index is -0.547. The standard InChI is InChI=1S/C21H25NO3/c1-25-15-17-10-5-6-12-19(17)21(24)22-13-7-11-18(22)14-20(23)16-8-3-2-4-9-16/h2-6,8-10,12,18,20,23H,7,11,13-15H2,1H3/t18-,20-/m1/s1. The van der Waals surface area contributed by atoms with Crippen molar-refractivity contribution in [3.63, 3.8) is 0 Å². The summed E-state index contributed by atoms with van der Waals surface area (Å²) in [4.78, 5) is 15.0. The lowest BCUT2D eigenvalue weighted by molar-refractivity contribution is 0.0662. The third kappa shape index (κ3) is 4.09. The molecule has 1 aliphatic heterocycles. The van der Waals surface area contributed by atoms with Gasteiger partial charge in [0, 0.05) is 25.3 Å². The number of carbonyl (C=O) groups excluding carboxylic acids is 1. The molecule has 1 heterocycles. The van der Waals surface area contributed by atoms with Gasteiger partial charge in [-0.1, -0.05) is 48.5 Å². The van der Waals surface area contributed by atoms with Crippen molar-refractivity contribution in [1.29, 1.82) is 0 Å². The predicted molar refractivity (Wildman–Crippen MR) is 97.2 cm³/mol. The Hall–Kier alpha value is -2.17. The first-order valence-electron chi connectivity index (χ1n) is 8.81. The molecule has 25 heavy (non-hydrogen) atoms. The van der Waals surface area contributed by atoms with Gasteiger partial charge in [0.05, 0.1) is 12.7 Å². The fourth-order valence-corrected chi connectivity index (χ4v) is 3.58. The van der Waals surface area contributed by atoms with Crippen LogP contribution in [0.25, 0.3) is 0 Å². The maximum atomic E-state index is 13.1. The van der Waals surface area contributed by atoms with Crippen LogP contribution in [0.15, 0.2) is 54.6 Å². The van der Waals surface area contributed by atoms with Crippen molar-refractivity contribution in [3.8, 4) is 0 Å². The first-order chi connectivity index (χ1) is 12.2. The molecule has 2 aromatic rings. The number of rotatable bonds is 6. The Kier molecular flexibility index (Phi) is 5.84. The summed E-state index contributed by atoms with van der Waals surface area (Å²) >= 11 is 0. The highest BCUT2D eigenvalue weighted by Crippen LogP contribution is 2.29. The zero-order chi connectivity index (χ0) is 17.6. The normalized spacial score (nSPS) is 18.3. The molecule has 0 unspecified atom stereocenters.